The van der Waals surface area contributed by atoms with Gasteiger partial charge in [-0.15, -0.1) is 0 Å². The largest absolute Gasteiger partial charge is 0.490 e. The SMILES string of the molecule is O=C(O)C(F)(F)F.O=C1N(c2ccsc2)CCC12CCCN(CC1CC1)C2. The molecule has 0 bridgehead atoms. The Balaban J connectivity index is 0.000000260. The molecule has 2 aliphatic heterocycles. The second kappa shape index (κ2) is 7.79. The van der Waals surface area contributed by atoms with Crippen molar-refractivity contribution in [2.45, 2.75) is 38.3 Å². The lowest BCUT2D eigenvalue weighted by molar-refractivity contribution is -0.192. The third-order valence-corrected chi connectivity index (χ3v) is 6.11. The topological polar surface area (TPSA) is 60.9 Å². The van der Waals surface area contributed by atoms with Crippen molar-refractivity contribution < 1.29 is 27.9 Å². The molecular formula is C18H23F3N2O3S. The quantitative estimate of drug-likeness (QED) is 0.836. The molecule has 1 atom stereocenters. The van der Waals surface area contributed by atoms with E-state index in [9.17, 15) is 18.0 Å². The summed E-state index contributed by atoms with van der Waals surface area (Å²) in [5.74, 6) is -1.45. The number of alkyl halides is 3. The Kier molecular flexibility index (Phi) is 5.81. The number of carboxylic acid groups (broad SMARTS) is 1. The number of halogens is 3. The molecule has 1 amide bonds. The number of carbonyl (C=O) groups is 2. The molecule has 1 unspecified atom stereocenters. The molecular weight excluding hydrogens is 381 g/mol. The summed E-state index contributed by atoms with van der Waals surface area (Å²) >= 11 is 1.68. The van der Waals surface area contributed by atoms with Crippen LogP contribution in [0.4, 0.5) is 18.9 Å². The highest BCUT2D eigenvalue weighted by atomic mass is 32.1. The van der Waals surface area contributed by atoms with Crippen LogP contribution in [0.5, 0.6) is 0 Å². The van der Waals surface area contributed by atoms with E-state index in [1.165, 1.54) is 32.4 Å². The van der Waals surface area contributed by atoms with Crippen LogP contribution in [0.2, 0.25) is 0 Å². The number of thiophene rings is 1. The van der Waals surface area contributed by atoms with Gasteiger partial charge in [0, 0.05) is 25.0 Å². The van der Waals surface area contributed by atoms with Gasteiger partial charge in [-0.25, -0.2) is 4.79 Å². The van der Waals surface area contributed by atoms with Crippen LogP contribution in [0.15, 0.2) is 16.8 Å². The fourth-order valence-electron chi connectivity index (χ4n) is 3.91. The van der Waals surface area contributed by atoms with E-state index in [2.05, 4.69) is 21.7 Å². The molecule has 0 radical (unpaired) electrons. The number of carbonyl (C=O) groups excluding carboxylic acids is 1. The first-order valence-corrected chi connectivity index (χ1v) is 10.0. The van der Waals surface area contributed by atoms with Gasteiger partial charge in [0.05, 0.1) is 11.1 Å². The molecule has 2 saturated heterocycles. The molecule has 3 fully saturated rings. The number of hydrogen-bond donors (Lipinski definition) is 1. The summed E-state index contributed by atoms with van der Waals surface area (Å²) in [6, 6.07) is 2.08. The maximum Gasteiger partial charge on any atom is 0.490 e. The first-order chi connectivity index (χ1) is 12.7. The minimum absolute atomic E-state index is 0.0743. The van der Waals surface area contributed by atoms with Crippen molar-refractivity contribution in [3.05, 3.63) is 16.8 Å². The molecule has 5 nitrogen and oxygen atoms in total. The summed E-state index contributed by atoms with van der Waals surface area (Å²) in [7, 11) is 0. The Hall–Kier alpha value is -1.61. The Morgan fingerprint density at radius 1 is 1.30 bits per heavy atom. The summed E-state index contributed by atoms with van der Waals surface area (Å²) in [5.41, 5.74) is 1.03. The fourth-order valence-corrected chi connectivity index (χ4v) is 4.55. The van der Waals surface area contributed by atoms with Crippen molar-refractivity contribution in [1.29, 1.82) is 0 Å². The first kappa shape index (κ1) is 20.1. The van der Waals surface area contributed by atoms with Crippen molar-refractivity contribution in [2.24, 2.45) is 11.3 Å². The van der Waals surface area contributed by atoms with Gasteiger partial charge in [-0.2, -0.15) is 24.5 Å². The second-order valence-corrected chi connectivity index (χ2v) is 8.33. The lowest BCUT2D eigenvalue weighted by atomic mass is 9.78. The lowest BCUT2D eigenvalue weighted by Gasteiger charge is -2.39. The number of hydrogen-bond acceptors (Lipinski definition) is 4. The number of likely N-dealkylation sites (tertiary alicyclic amines) is 1. The van der Waals surface area contributed by atoms with E-state index >= 15 is 0 Å². The van der Waals surface area contributed by atoms with E-state index < -0.39 is 12.1 Å². The average Bonchev–Trinajstić information content (AvgIpc) is 3.14. The molecule has 3 aliphatic rings. The summed E-state index contributed by atoms with van der Waals surface area (Å²) in [6.45, 7) is 4.34. The van der Waals surface area contributed by atoms with Crippen molar-refractivity contribution in [3.8, 4) is 0 Å². The normalized spacial score (nSPS) is 26.2. The molecule has 4 rings (SSSR count). The standard InChI is InChI=1S/C16H22N2OS.C2HF3O2/c19-15-16(6-8-18(15)14-4-9-20-11-14)5-1-7-17(12-16)10-13-2-3-13;3-2(4,5)1(6)7/h4,9,11,13H,1-3,5-8,10,12H2;(H,6,7). The minimum Gasteiger partial charge on any atom is -0.475 e. The number of nitrogens with zero attached hydrogens (tertiary/aromatic N) is 2. The number of rotatable bonds is 3. The minimum atomic E-state index is -5.08. The summed E-state index contributed by atoms with van der Waals surface area (Å²) in [5, 5.41) is 11.3. The van der Waals surface area contributed by atoms with Crippen molar-refractivity contribution >= 4 is 28.9 Å². The van der Waals surface area contributed by atoms with Crippen LogP contribution >= 0.6 is 11.3 Å². The van der Waals surface area contributed by atoms with Gasteiger partial charge in [0.15, 0.2) is 0 Å². The second-order valence-electron chi connectivity index (χ2n) is 7.55. The molecule has 0 aromatic carbocycles. The maximum absolute atomic E-state index is 12.9. The third-order valence-electron chi connectivity index (χ3n) is 5.44. The van der Waals surface area contributed by atoms with Crippen LogP contribution in [-0.4, -0.2) is 54.2 Å². The Bertz CT molecular complexity index is 676. The molecule has 1 aromatic rings. The number of amides is 1. The summed E-state index contributed by atoms with van der Waals surface area (Å²) < 4.78 is 31.7. The zero-order valence-electron chi connectivity index (χ0n) is 14.9. The molecule has 3 heterocycles. The van der Waals surface area contributed by atoms with Gasteiger partial charge >= 0.3 is 12.1 Å². The Morgan fingerprint density at radius 2 is 2.00 bits per heavy atom. The molecule has 1 N–H and O–H groups in total. The predicted octanol–water partition coefficient (Wildman–Crippen LogP) is 3.61. The highest BCUT2D eigenvalue weighted by Crippen LogP contribution is 2.43. The molecule has 9 heteroatoms. The van der Waals surface area contributed by atoms with Gasteiger partial charge in [0.25, 0.3) is 0 Å². The zero-order chi connectivity index (χ0) is 19.7. The fraction of sp³-hybridized carbons (Fsp3) is 0.667. The van der Waals surface area contributed by atoms with Gasteiger partial charge in [-0.05, 0) is 56.0 Å². The smallest absolute Gasteiger partial charge is 0.475 e. The predicted molar refractivity (Wildman–Crippen MR) is 95.8 cm³/mol. The molecule has 27 heavy (non-hydrogen) atoms. The highest BCUT2D eigenvalue weighted by molar-refractivity contribution is 7.08. The molecule has 1 saturated carbocycles. The summed E-state index contributed by atoms with van der Waals surface area (Å²) in [4.78, 5) is 26.4. The Labute approximate surface area is 159 Å². The molecule has 1 aromatic heterocycles. The van der Waals surface area contributed by atoms with Crippen LogP contribution < -0.4 is 4.90 Å². The van der Waals surface area contributed by atoms with Crippen LogP contribution in [0.3, 0.4) is 0 Å². The van der Waals surface area contributed by atoms with E-state index in [1.54, 1.807) is 11.3 Å². The number of carboxylic acids is 1. The van der Waals surface area contributed by atoms with Gasteiger partial charge in [0.2, 0.25) is 5.91 Å². The van der Waals surface area contributed by atoms with Crippen LogP contribution in [-0.2, 0) is 9.59 Å². The van der Waals surface area contributed by atoms with Crippen molar-refractivity contribution in [1.82, 2.24) is 4.90 Å². The van der Waals surface area contributed by atoms with Crippen LogP contribution in [0, 0.1) is 11.3 Å². The lowest BCUT2D eigenvalue weighted by Crippen LogP contribution is -2.48. The summed E-state index contributed by atoms with van der Waals surface area (Å²) in [6.07, 6.45) is 1.05. The van der Waals surface area contributed by atoms with Gasteiger partial charge in [0.1, 0.15) is 0 Å². The monoisotopic (exact) mass is 404 g/mol. The average molecular weight is 404 g/mol. The molecule has 150 valence electrons. The van der Waals surface area contributed by atoms with E-state index in [1.807, 2.05) is 4.90 Å². The third kappa shape index (κ3) is 4.82. The van der Waals surface area contributed by atoms with Gasteiger partial charge in [-0.3, -0.25) is 4.79 Å². The molecule has 1 aliphatic carbocycles. The van der Waals surface area contributed by atoms with Crippen molar-refractivity contribution in [3.63, 3.8) is 0 Å². The van der Waals surface area contributed by atoms with Crippen LogP contribution in [0.25, 0.3) is 0 Å². The highest BCUT2D eigenvalue weighted by Gasteiger charge is 2.49. The first-order valence-electron chi connectivity index (χ1n) is 9.08. The van der Waals surface area contributed by atoms with Gasteiger partial charge in [-0.1, -0.05) is 0 Å². The van der Waals surface area contributed by atoms with Gasteiger partial charge < -0.3 is 14.9 Å². The van der Waals surface area contributed by atoms with E-state index in [-0.39, 0.29) is 5.41 Å². The van der Waals surface area contributed by atoms with Crippen molar-refractivity contribution in [2.75, 3.05) is 31.1 Å². The molecule has 1 spiro atoms. The maximum atomic E-state index is 12.9. The van der Waals surface area contributed by atoms with E-state index in [4.69, 9.17) is 9.90 Å². The van der Waals surface area contributed by atoms with Crippen LogP contribution in [0.1, 0.15) is 32.1 Å². The Morgan fingerprint density at radius 3 is 2.56 bits per heavy atom. The number of anilines is 1. The number of aliphatic carboxylic acids is 1. The number of piperidine rings is 1. The zero-order valence-corrected chi connectivity index (χ0v) is 15.7. The van der Waals surface area contributed by atoms with E-state index in [0.717, 1.165) is 37.5 Å². The van der Waals surface area contributed by atoms with E-state index in [0.29, 0.717) is 5.91 Å².